The Morgan fingerprint density at radius 3 is 2.03 bits per heavy atom. The zero-order valence-electron chi connectivity index (χ0n) is 18.2. The van der Waals surface area contributed by atoms with Crippen molar-refractivity contribution in [3.05, 3.63) is 121 Å². The van der Waals surface area contributed by atoms with Crippen LogP contribution in [0, 0.1) is 11.3 Å². The molecule has 0 spiro atoms. The maximum Gasteiger partial charge on any atom is 0.0992 e. The predicted octanol–water partition coefficient (Wildman–Crippen LogP) is 8.22. The molecule has 0 aliphatic carbocycles. The SMILES string of the molecule is N#Cc1ccnc(-c2ccc(-c3cccc(N4c5ccccc5Sc5ccccc54)c3)cc2)c1. The van der Waals surface area contributed by atoms with E-state index in [4.69, 9.17) is 0 Å². The number of aromatic nitrogens is 1. The molecule has 0 N–H and O–H groups in total. The number of para-hydroxylation sites is 2. The number of hydrogen-bond acceptors (Lipinski definition) is 4. The van der Waals surface area contributed by atoms with Gasteiger partial charge >= 0.3 is 0 Å². The smallest absolute Gasteiger partial charge is 0.0992 e. The molecular formula is C30H19N3S. The molecule has 0 atom stereocenters. The Morgan fingerprint density at radius 2 is 1.32 bits per heavy atom. The largest absolute Gasteiger partial charge is 0.308 e. The average molecular weight is 454 g/mol. The first-order chi connectivity index (χ1) is 16.8. The van der Waals surface area contributed by atoms with Gasteiger partial charge in [0.05, 0.1) is 28.7 Å². The van der Waals surface area contributed by atoms with Crippen LogP contribution in [-0.4, -0.2) is 4.98 Å². The van der Waals surface area contributed by atoms with E-state index in [0.717, 1.165) is 28.1 Å². The molecule has 0 bridgehead atoms. The summed E-state index contributed by atoms with van der Waals surface area (Å²) < 4.78 is 0. The second-order valence-electron chi connectivity index (χ2n) is 8.04. The van der Waals surface area contributed by atoms with Gasteiger partial charge < -0.3 is 4.90 Å². The summed E-state index contributed by atoms with van der Waals surface area (Å²) in [6, 6.07) is 39.8. The quantitative estimate of drug-likeness (QED) is 0.271. The number of hydrogen-bond donors (Lipinski definition) is 0. The third-order valence-electron chi connectivity index (χ3n) is 5.94. The lowest BCUT2D eigenvalue weighted by Crippen LogP contribution is -2.14. The Bertz CT molecular complexity index is 1500. The van der Waals surface area contributed by atoms with Crippen molar-refractivity contribution in [1.29, 1.82) is 5.26 Å². The highest BCUT2D eigenvalue weighted by Gasteiger charge is 2.24. The van der Waals surface area contributed by atoms with E-state index >= 15 is 0 Å². The van der Waals surface area contributed by atoms with Crippen molar-refractivity contribution >= 4 is 28.8 Å². The Kier molecular flexibility index (Phi) is 5.10. The molecule has 1 aliphatic heterocycles. The van der Waals surface area contributed by atoms with Crippen LogP contribution in [0.5, 0.6) is 0 Å². The first kappa shape index (κ1) is 20.3. The van der Waals surface area contributed by atoms with E-state index in [2.05, 4.69) is 113 Å². The predicted molar refractivity (Wildman–Crippen MR) is 139 cm³/mol. The highest BCUT2D eigenvalue weighted by atomic mass is 32.2. The van der Waals surface area contributed by atoms with E-state index in [0.29, 0.717) is 5.56 Å². The van der Waals surface area contributed by atoms with Crippen molar-refractivity contribution in [3.63, 3.8) is 0 Å². The van der Waals surface area contributed by atoms with E-state index < -0.39 is 0 Å². The van der Waals surface area contributed by atoms with Crippen LogP contribution in [0.25, 0.3) is 22.4 Å². The summed E-state index contributed by atoms with van der Waals surface area (Å²) in [5.41, 5.74) is 8.22. The van der Waals surface area contributed by atoms with Gasteiger partial charge in [0.15, 0.2) is 0 Å². The molecule has 4 aromatic carbocycles. The number of nitriles is 1. The summed E-state index contributed by atoms with van der Waals surface area (Å²) in [5, 5.41) is 9.17. The van der Waals surface area contributed by atoms with Gasteiger partial charge in [-0.15, -0.1) is 0 Å². The van der Waals surface area contributed by atoms with Crippen molar-refractivity contribution in [2.75, 3.05) is 4.90 Å². The van der Waals surface area contributed by atoms with Crippen LogP contribution >= 0.6 is 11.8 Å². The third kappa shape index (κ3) is 3.63. The second-order valence-corrected chi connectivity index (χ2v) is 9.13. The molecule has 0 saturated heterocycles. The molecule has 0 radical (unpaired) electrons. The number of nitrogens with zero attached hydrogens (tertiary/aromatic N) is 3. The lowest BCUT2D eigenvalue weighted by Gasteiger charge is -2.33. The summed E-state index contributed by atoms with van der Waals surface area (Å²) in [5.74, 6) is 0. The number of benzene rings is 4. The molecule has 4 heteroatoms. The number of pyridine rings is 1. The highest BCUT2D eigenvalue weighted by Crippen LogP contribution is 2.51. The van der Waals surface area contributed by atoms with Gasteiger partial charge in [0.1, 0.15) is 0 Å². The van der Waals surface area contributed by atoms with Crippen LogP contribution < -0.4 is 4.90 Å². The standard InChI is InChI=1S/C30H19N3S/c31-20-21-16-17-32-26(18-21)23-14-12-22(13-15-23)24-6-5-7-25(19-24)33-27-8-1-3-10-29(27)34-30-11-4-2-9-28(30)33/h1-19H. The fourth-order valence-corrected chi connectivity index (χ4v) is 5.36. The first-order valence-corrected chi connectivity index (χ1v) is 11.8. The topological polar surface area (TPSA) is 39.9 Å². The monoisotopic (exact) mass is 453 g/mol. The fourth-order valence-electron chi connectivity index (χ4n) is 4.30. The Labute approximate surface area is 203 Å². The molecular weight excluding hydrogens is 434 g/mol. The molecule has 160 valence electrons. The molecule has 0 amide bonds. The molecule has 3 nitrogen and oxygen atoms in total. The van der Waals surface area contributed by atoms with Gasteiger partial charge in [-0.05, 0) is 59.7 Å². The molecule has 0 unspecified atom stereocenters. The van der Waals surface area contributed by atoms with E-state index in [1.54, 1.807) is 12.3 Å². The summed E-state index contributed by atoms with van der Waals surface area (Å²) in [4.78, 5) is 9.27. The van der Waals surface area contributed by atoms with E-state index in [9.17, 15) is 5.26 Å². The van der Waals surface area contributed by atoms with Crippen LogP contribution in [0.15, 0.2) is 125 Å². The zero-order chi connectivity index (χ0) is 22.9. The van der Waals surface area contributed by atoms with Crippen molar-refractivity contribution in [2.24, 2.45) is 0 Å². The minimum atomic E-state index is 0.613. The average Bonchev–Trinajstić information content (AvgIpc) is 2.92. The van der Waals surface area contributed by atoms with Gasteiger partial charge in [-0.25, -0.2) is 0 Å². The van der Waals surface area contributed by atoms with Crippen LogP contribution in [0.2, 0.25) is 0 Å². The van der Waals surface area contributed by atoms with Gasteiger partial charge in [0.25, 0.3) is 0 Å². The van der Waals surface area contributed by atoms with Gasteiger partial charge in [0.2, 0.25) is 0 Å². The lowest BCUT2D eigenvalue weighted by atomic mass is 10.0. The molecule has 2 heterocycles. The van der Waals surface area contributed by atoms with Crippen molar-refractivity contribution < 1.29 is 0 Å². The number of fused-ring (bicyclic) bond motifs is 2. The van der Waals surface area contributed by atoms with E-state index in [1.807, 2.05) is 17.8 Å². The van der Waals surface area contributed by atoms with Gasteiger partial charge in [-0.1, -0.05) is 72.4 Å². The number of anilines is 3. The van der Waals surface area contributed by atoms with Gasteiger partial charge in [0, 0.05) is 27.2 Å². The highest BCUT2D eigenvalue weighted by molar-refractivity contribution is 7.99. The number of rotatable bonds is 3. The summed E-state index contributed by atoms with van der Waals surface area (Å²) in [7, 11) is 0. The normalized spacial score (nSPS) is 11.9. The molecule has 34 heavy (non-hydrogen) atoms. The maximum atomic E-state index is 9.17. The molecule has 0 saturated carbocycles. The van der Waals surface area contributed by atoms with Gasteiger partial charge in [-0.3, -0.25) is 4.98 Å². The molecule has 6 rings (SSSR count). The van der Waals surface area contributed by atoms with Crippen molar-refractivity contribution in [1.82, 2.24) is 4.98 Å². The molecule has 0 fully saturated rings. The summed E-state index contributed by atoms with van der Waals surface area (Å²) in [6.07, 6.45) is 1.68. The van der Waals surface area contributed by atoms with Crippen molar-refractivity contribution in [3.8, 4) is 28.5 Å². The van der Waals surface area contributed by atoms with Gasteiger partial charge in [-0.2, -0.15) is 5.26 Å². The Hall–Kier alpha value is -4.33. The molecule has 1 aromatic heterocycles. The van der Waals surface area contributed by atoms with Crippen LogP contribution in [0.3, 0.4) is 0 Å². The van der Waals surface area contributed by atoms with Crippen molar-refractivity contribution in [2.45, 2.75) is 9.79 Å². The fraction of sp³-hybridized carbons (Fsp3) is 0. The summed E-state index contributed by atoms with van der Waals surface area (Å²) >= 11 is 1.82. The minimum absolute atomic E-state index is 0.613. The molecule has 5 aromatic rings. The Morgan fingerprint density at radius 1 is 0.647 bits per heavy atom. The lowest BCUT2D eigenvalue weighted by molar-refractivity contribution is 1.17. The Balaban J connectivity index is 1.39. The van der Waals surface area contributed by atoms with Crippen LogP contribution in [-0.2, 0) is 0 Å². The van der Waals surface area contributed by atoms with E-state index in [-0.39, 0.29) is 0 Å². The zero-order valence-corrected chi connectivity index (χ0v) is 19.0. The minimum Gasteiger partial charge on any atom is -0.308 e. The molecule has 1 aliphatic rings. The summed E-state index contributed by atoms with van der Waals surface area (Å²) in [6.45, 7) is 0. The van der Waals surface area contributed by atoms with Crippen LogP contribution in [0.4, 0.5) is 17.1 Å². The second kappa shape index (κ2) is 8.55. The first-order valence-electron chi connectivity index (χ1n) is 11.0. The maximum absolute atomic E-state index is 9.17. The van der Waals surface area contributed by atoms with E-state index in [1.165, 1.54) is 21.2 Å². The third-order valence-corrected chi connectivity index (χ3v) is 7.07. The van der Waals surface area contributed by atoms with Crippen LogP contribution in [0.1, 0.15) is 5.56 Å².